The van der Waals surface area contributed by atoms with Gasteiger partial charge in [-0.05, 0) is 45.0 Å². The molecule has 8 nitrogen and oxygen atoms in total. The van der Waals surface area contributed by atoms with Gasteiger partial charge in [0.2, 0.25) is 5.91 Å². The molecule has 1 saturated heterocycles. The van der Waals surface area contributed by atoms with Crippen molar-refractivity contribution >= 4 is 17.2 Å². The first-order valence-corrected chi connectivity index (χ1v) is 9.65. The van der Waals surface area contributed by atoms with Gasteiger partial charge in [0.1, 0.15) is 5.65 Å². The van der Waals surface area contributed by atoms with Gasteiger partial charge in [0.15, 0.2) is 0 Å². The molecule has 4 rings (SSSR count). The molecule has 8 heteroatoms. The van der Waals surface area contributed by atoms with Crippen LogP contribution >= 0.6 is 0 Å². The van der Waals surface area contributed by atoms with E-state index in [9.17, 15) is 9.59 Å². The lowest BCUT2D eigenvalue weighted by Crippen LogP contribution is -2.38. The van der Waals surface area contributed by atoms with Gasteiger partial charge in [-0.2, -0.15) is 5.10 Å². The average Bonchev–Trinajstić information content (AvgIpc) is 3.16. The quantitative estimate of drug-likeness (QED) is 0.729. The van der Waals surface area contributed by atoms with Gasteiger partial charge in [0, 0.05) is 37.5 Å². The molecule has 1 amide bonds. The molecule has 0 radical (unpaired) electrons. The smallest absolute Gasteiger partial charge is 0.258 e. The van der Waals surface area contributed by atoms with Crippen LogP contribution in [-0.4, -0.2) is 43.1 Å². The predicted molar refractivity (Wildman–Crippen MR) is 106 cm³/mol. The van der Waals surface area contributed by atoms with Crippen LogP contribution < -0.4 is 10.9 Å². The van der Waals surface area contributed by atoms with Crippen LogP contribution in [-0.2, 0) is 17.9 Å². The van der Waals surface area contributed by atoms with Crippen molar-refractivity contribution < 1.29 is 4.79 Å². The highest BCUT2D eigenvalue weighted by atomic mass is 16.2. The number of carbonyl (C=O) groups excluding carboxylic acids is 1. The summed E-state index contributed by atoms with van der Waals surface area (Å²) in [7, 11) is 0. The number of carbonyl (C=O) groups is 1. The summed E-state index contributed by atoms with van der Waals surface area (Å²) >= 11 is 0. The zero-order chi connectivity index (χ0) is 19.5. The third-order valence-corrected chi connectivity index (χ3v) is 5.19. The maximum absolute atomic E-state index is 12.5. The number of nitrogens with one attached hydrogen (secondary N) is 1. The molecule has 0 saturated carbocycles. The number of piperidine rings is 1. The summed E-state index contributed by atoms with van der Waals surface area (Å²) in [5, 5.41) is 7.14. The van der Waals surface area contributed by atoms with E-state index >= 15 is 0 Å². The minimum Gasteiger partial charge on any atom is -0.323 e. The van der Waals surface area contributed by atoms with Crippen molar-refractivity contribution in [2.24, 2.45) is 5.92 Å². The first kappa shape index (κ1) is 18.4. The Morgan fingerprint density at radius 2 is 2.11 bits per heavy atom. The first-order valence-electron chi connectivity index (χ1n) is 9.65. The molecular formula is C20H24N6O2. The number of aryl methyl sites for hydroxylation is 1. The molecule has 0 aromatic carbocycles. The van der Waals surface area contributed by atoms with Gasteiger partial charge in [-0.25, -0.2) is 4.98 Å². The van der Waals surface area contributed by atoms with Gasteiger partial charge in [-0.3, -0.25) is 23.6 Å². The summed E-state index contributed by atoms with van der Waals surface area (Å²) in [5.74, 6) is 0.0498. The van der Waals surface area contributed by atoms with Crippen LogP contribution in [0.15, 0.2) is 47.7 Å². The van der Waals surface area contributed by atoms with Crippen LogP contribution in [0.5, 0.6) is 0 Å². The van der Waals surface area contributed by atoms with E-state index in [4.69, 9.17) is 0 Å². The molecule has 3 aromatic heterocycles. The highest BCUT2D eigenvalue weighted by molar-refractivity contribution is 5.92. The maximum Gasteiger partial charge on any atom is 0.258 e. The fourth-order valence-corrected chi connectivity index (χ4v) is 3.61. The SMILES string of the molecule is CCn1cc(NC(=O)C2CCN(Cc3cc(=O)n4ccccc4n3)CC2)cn1. The number of anilines is 1. The van der Waals surface area contributed by atoms with Crippen molar-refractivity contribution in [2.75, 3.05) is 18.4 Å². The monoisotopic (exact) mass is 380 g/mol. The number of hydrogen-bond donors (Lipinski definition) is 1. The number of hydrogen-bond acceptors (Lipinski definition) is 5. The van der Waals surface area contributed by atoms with Gasteiger partial charge < -0.3 is 5.32 Å². The average molecular weight is 380 g/mol. The molecule has 0 unspecified atom stereocenters. The molecule has 1 fully saturated rings. The maximum atomic E-state index is 12.5. The van der Waals surface area contributed by atoms with Crippen molar-refractivity contribution in [1.29, 1.82) is 0 Å². The standard InChI is InChI=1S/C20H24N6O2/c1-2-25-14-17(12-21-25)23-20(28)15-6-9-24(10-7-15)13-16-11-19(27)26-8-4-3-5-18(26)22-16/h3-5,8,11-12,14-15H,2,6-7,9-10,13H2,1H3,(H,23,28). The summed E-state index contributed by atoms with van der Waals surface area (Å²) in [4.78, 5) is 31.6. The van der Waals surface area contributed by atoms with Crippen LogP contribution in [0.4, 0.5) is 5.69 Å². The van der Waals surface area contributed by atoms with Gasteiger partial charge in [-0.1, -0.05) is 6.07 Å². The van der Waals surface area contributed by atoms with E-state index in [2.05, 4.69) is 20.3 Å². The number of nitrogens with zero attached hydrogens (tertiary/aromatic N) is 5. The molecular weight excluding hydrogens is 356 g/mol. The Morgan fingerprint density at radius 3 is 2.86 bits per heavy atom. The molecule has 146 valence electrons. The zero-order valence-electron chi connectivity index (χ0n) is 15.9. The Hall–Kier alpha value is -3.00. The molecule has 1 aliphatic heterocycles. The fourth-order valence-electron chi connectivity index (χ4n) is 3.61. The predicted octanol–water partition coefficient (Wildman–Crippen LogP) is 1.76. The number of rotatable bonds is 5. The molecule has 0 atom stereocenters. The van der Waals surface area contributed by atoms with Gasteiger partial charge >= 0.3 is 0 Å². The van der Waals surface area contributed by atoms with E-state index in [0.717, 1.165) is 43.9 Å². The minimum atomic E-state index is -0.0671. The highest BCUT2D eigenvalue weighted by Gasteiger charge is 2.25. The summed E-state index contributed by atoms with van der Waals surface area (Å²) in [6, 6.07) is 7.12. The Kier molecular flexibility index (Phi) is 5.21. The Morgan fingerprint density at radius 1 is 1.29 bits per heavy atom. The number of aromatic nitrogens is 4. The lowest BCUT2D eigenvalue weighted by atomic mass is 9.95. The van der Waals surface area contributed by atoms with Crippen LogP contribution in [0.2, 0.25) is 0 Å². The van der Waals surface area contributed by atoms with Crippen LogP contribution in [0.25, 0.3) is 5.65 Å². The normalized spacial score (nSPS) is 15.8. The van der Waals surface area contributed by atoms with Gasteiger partial charge in [0.05, 0.1) is 17.6 Å². The largest absolute Gasteiger partial charge is 0.323 e. The molecule has 0 spiro atoms. The lowest BCUT2D eigenvalue weighted by Gasteiger charge is -2.30. The molecule has 1 N–H and O–H groups in total. The molecule has 0 aliphatic carbocycles. The molecule has 28 heavy (non-hydrogen) atoms. The number of pyridine rings is 1. The van der Waals surface area contributed by atoms with E-state index < -0.39 is 0 Å². The summed E-state index contributed by atoms with van der Waals surface area (Å²) in [6.07, 6.45) is 6.83. The van der Waals surface area contributed by atoms with Crippen LogP contribution in [0.3, 0.4) is 0 Å². The van der Waals surface area contributed by atoms with E-state index in [0.29, 0.717) is 12.2 Å². The van der Waals surface area contributed by atoms with E-state index in [-0.39, 0.29) is 17.4 Å². The van der Waals surface area contributed by atoms with Crippen LogP contribution in [0, 0.1) is 5.92 Å². The second-order valence-corrected chi connectivity index (χ2v) is 7.14. The van der Waals surface area contributed by atoms with Gasteiger partial charge in [-0.15, -0.1) is 0 Å². The van der Waals surface area contributed by atoms with Crippen molar-refractivity contribution in [3.05, 3.63) is 58.9 Å². The fraction of sp³-hybridized carbons (Fsp3) is 0.400. The number of likely N-dealkylation sites (tertiary alicyclic amines) is 1. The Labute approximate surface area is 162 Å². The Balaban J connectivity index is 1.34. The van der Waals surface area contributed by atoms with Crippen molar-refractivity contribution in [3.8, 4) is 0 Å². The van der Waals surface area contributed by atoms with Crippen molar-refractivity contribution in [3.63, 3.8) is 0 Å². The highest BCUT2D eigenvalue weighted by Crippen LogP contribution is 2.20. The Bertz CT molecular complexity index is 1030. The molecule has 0 bridgehead atoms. The summed E-state index contributed by atoms with van der Waals surface area (Å²) in [6.45, 7) is 5.02. The molecule has 4 heterocycles. The van der Waals surface area contributed by atoms with E-state index in [1.165, 1.54) is 0 Å². The van der Waals surface area contributed by atoms with Gasteiger partial charge in [0.25, 0.3) is 5.56 Å². The van der Waals surface area contributed by atoms with Crippen molar-refractivity contribution in [1.82, 2.24) is 24.1 Å². The third kappa shape index (κ3) is 3.96. The second kappa shape index (κ2) is 7.93. The number of amides is 1. The topological polar surface area (TPSA) is 84.5 Å². The van der Waals surface area contributed by atoms with Crippen molar-refractivity contribution in [2.45, 2.75) is 32.9 Å². The zero-order valence-corrected chi connectivity index (χ0v) is 15.9. The first-order chi connectivity index (χ1) is 13.6. The second-order valence-electron chi connectivity index (χ2n) is 7.14. The van der Waals surface area contributed by atoms with E-state index in [1.54, 1.807) is 27.5 Å². The lowest BCUT2D eigenvalue weighted by molar-refractivity contribution is -0.121. The number of fused-ring (bicyclic) bond motifs is 1. The summed E-state index contributed by atoms with van der Waals surface area (Å²) in [5.41, 5.74) is 2.11. The van der Waals surface area contributed by atoms with E-state index in [1.807, 2.05) is 31.3 Å². The molecule has 3 aromatic rings. The minimum absolute atomic E-state index is 0.00332. The van der Waals surface area contributed by atoms with Crippen LogP contribution in [0.1, 0.15) is 25.5 Å². The third-order valence-electron chi connectivity index (χ3n) is 5.19. The summed E-state index contributed by atoms with van der Waals surface area (Å²) < 4.78 is 3.33. The molecule has 1 aliphatic rings.